The number of nitrogens with zero attached hydrogens (tertiary/aromatic N) is 2. The van der Waals surface area contributed by atoms with Crippen LogP contribution in [0.5, 0.6) is 0 Å². The van der Waals surface area contributed by atoms with Crippen LogP contribution >= 0.6 is 23.4 Å². The third-order valence-electron chi connectivity index (χ3n) is 2.47. The molecule has 0 saturated heterocycles. The molecule has 0 unspecified atom stereocenters. The first-order chi connectivity index (χ1) is 8.52. The van der Waals surface area contributed by atoms with Crippen LogP contribution in [0.2, 0.25) is 5.28 Å². The van der Waals surface area contributed by atoms with Crippen molar-refractivity contribution in [1.82, 2.24) is 9.97 Å². The van der Waals surface area contributed by atoms with E-state index < -0.39 is 0 Å². The Morgan fingerprint density at radius 1 is 1.00 bits per heavy atom. The molecule has 0 spiro atoms. The lowest BCUT2D eigenvalue weighted by Gasteiger charge is -2.05. The normalized spacial score (nSPS) is 10.7. The molecule has 0 fully saturated rings. The molecule has 0 N–H and O–H groups in total. The number of hydrogen-bond donors (Lipinski definition) is 0. The second kappa shape index (κ2) is 5.72. The van der Waals surface area contributed by atoms with Crippen LogP contribution in [-0.2, 0) is 5.75 Å². The molecule has 0 radical (unpaired) electrons. The summed E-state index contributed by atoms with van der Waals surface area (Å²) < 4.78 is 0. The molecule has 18 heavy (non-hydrogen) atoms. The Morgan fingerprint density at radius 2 is 1.67 bits per heavy atom. The van der Waals surface area contributed by atoms with E-state index in [0.717, 1.165) is 16.5 Å². The molecule has 94 valence electrons. The Morgan fingerprint density at radius 3 is 2.28 bits per heavy atom. The SMILES string of the molecule is Cc1cc(C)cc(CSc2cc(C)nc(Cl)n2)c1. The lowest BCUT2D eigenvalue weighted by Crippen LogP contribution is -1.90. The Bertz CT molecular complexity index is 478. The van der Waals surface area contributed by atoms with Gasteiger partial charge in [-0.05, 0) is 44.0 Å². The molecule has 2 nitrogen and oxygen atoms in total. The van der Waals surface area contributed by atoms with Crippen molar-refractivity contribution in [2.75, 3.05) is 0 Å². The predicted molar refractivity (Wildman–Crippen MR) is 77.3 cm³/mol. The standard InChI is InChI=1S/C14H15ClN2S/c1-9-4-10(2)6-12(5-9)8-18-13-7-11(3)16-14(15)17-13/h4-7H,8H2,1-3H3. The van der Waals surface area contributed by atoms with Crippen LogP contribution in [0.4, 0.5) is 0 Å². The van der Waals surface area contributed by atoms with Gasteiger partial charge < -0.3 is 0 Å². The minimum atomic E-state index is 0.318. The van der Waals surface area contributed by atoms with Crippen LogP contribution in [0.3, 0.4) is 0 Å². The molecule has 0 amide bonds. The van der Waals surface area contributed by atoms with Crippen LogP contribution in [0.1, 0.15) is 22.4 Å². The lowest BCUT2D eigenvalue weighted by molar-refractivity contribution is 1.01. The second-order valence-corrected chi connectivity index (χ2v) is 5.73. The van der Waals surface area contributed by atoms with Crippen LogP contribution in [-0.4, -0.2) is 9.97 Å². The van der Waals surface area contributed by atoms with E-state index in [-0.39, 0.29) is 0 Å². The summed E-state index contributed by atoms with van der Waals surface area (Å²) in [7, 11) is 0. The van der Waals surface area contributed by atoms with Gasteiger partial charge in [-0.3, -0.25) is 0 Å². The van der Waals surface area contributed by atoms with Crippen molar-refractivity contribution in [3.63, 3.8) is 0 Å². The number of hydrogen-bond acceptors (Lipinski definition) is 3. The summed E-state index contributed by atoms with van der Waals surface area (Å²) in [6, 6.07) is 8.55. The number of aromatic nitrogens is 2. The van der Waals surface area contributed by atoms with Crippen LogP contribution in [0.15, 0.2) is 29.3 Å². The van der Waals surface area contributed by atoms with E-state index in [9.17, 15) is 0 Å². The maximum Gasteiger partial charge on any atom is 0.223 e. The van der Waals surface area contributed by atoms with Gasteiger partial charge in [0.25, 0.3) is 0 Å². The van der Waals surface area contributed by atoms with Gasteiger partial charge in [0.2, 0.25) is 5.28 Å². The maximum atomic E-state index is 5.85. The van der Waals surface area contributed by atoms with E-state index in [1.165, 1.54) is 16.7 Å². The van der Waals surface area contributed by atoms with Gasteiger partial charge in [-0.15, -0.1) is 11.8 Å². The lowest BCUT2D eigenvalue weighted by atomic mass is 10.1. The highest BCUT2D eigenvalue weighted by Crippen LogP contribution is 2.23. The Labute approximate surface area is 117 Å². The number of halogens is 1. The molecule has 1 aromatic carbocycles. The zero-order valence-electron chi connectivity index (χ0n) is 10.7. The van der Waals surface area contributed by atoms with Crippen LogP contribution < -0.4 is 0 Å². The molecule has 2 rings (SSSR count). The van der Waals surface area contributed by atoms with Gasteiger partial charge in [0.05, 0.1) is 0 Å². The van der Waals surface area contributed by atoms with Gasteiger partial charge in [-0.2, -0.15) is 0 Å². The van der Waals surface area contributed by atoms with Crippen molar-refractivity contribution in [2.45, 2.75) is 31.6 Å². The summed E-state index contributed by atoms with van der Waals surface area (Å²) in [5, 5.41) is 1.24. The molecule has 1 heterocycles. The van der Waals surface area contributed by atoms with E-state index in [0.29, 0.717) is 5.28 Å². The van der Waals surface area contributed by atoms with Crippen LogP contribution in [0.25, 0.3) is 0 Å². The molecule has 0 saturated carbocycles. The highest BCUT2D eigenvalue weighted by molar-refractivity contribution is 7.98. The van der Waals surface area contributed by atoms with Crippen molar-refractivity contribution in [3.05, 3.63) is 51.9 Å². The molecule has 0 aliphatic heterocycles. The first-order valence-corrected chi connectivity index (χ1v) is 7.10. The molecule has 0 aliphatic rings. The molecular formula is C14H15ClN2S. The van der Waals surface area contributed by atoms with Gasteiger partial charge in [0.15, 0.2) is 0 Å². The van der Waals surface area contributed by atoms with Gasteiger partial charge in [-0.25, -0.2) is 9.97 Å². The van der Waals surface area contributed by atoms with Crippen molar-refractivity contribution in [3.8, 4) is 0 Å². The average Bonchev–Trinajstić information content (AvgIpc) is 2.23. The monoisotopic (exact) mass is 278 g/mol. The molecule has 1 aromatic heterocycles. The topological polar surface area (TPSA) is 25.8 Å². The molecule has 0 bridgehead atoms. The number of thioether (sulfide) groups is 1. The number of rotatable bonds is 3. The van der Waals surface area contributed by atoms with Gasteiger partial charge in [0.1, 0.15) is 5.03 Å². The Balaban J connectivity index is 2.11. The fraction of sp³-hybridized carbons (Fsp3) is 0.286. The smallest absolute Gasteiger partial charge is 0.223 e. The molecule has 2 aromatic rings. The number of benzene rings is 1. The molecular weight excluding hydrogens is 264 g/mol. The van der Waals surface area contributed by atoms with Gasteiger partial charge in [0, 0.05) is 11.4 Å². The summed E-state index contributed by atoms with van der Waals surface area (Å²) in [6.45, 7) is 6.16. The van der Waals surface area contributed by atoms with Crippen molar-refractivity contribution in [1.29, 1.82) is 0 Å². The van der Waals surface area contributed by atoms with E-state index in [1.54, 1.807) is 11.8 Å². The quantitative estimate of drug-likeness (QED) is 0.474. The highest BCUT2D eigenvalue weighted by Gasteiger charge is 2.02. The zero-order chi connectivity index (χ0) is 13.1. The maximum absolute atomic E-state index is 5.85. The summed E-state index contributed by atoms with van der Waals surface area (Å²) in [5.74, 6) is 0.898. The molecule has 0 aliphatic carbocycles. The van der Waals surface area contributed by atoms with E-state index in [1.807, 2.05) is 13.0 Å². The summed E-state index contributed by atoms with van der Waals surface area (Å²) in [5.41, 5.74) is 4.80. The molecule has 4 heteroatoms. The summed E-state index contributed by atoms with van der Waals surface area (Å²) in [4.78, 5) is 8.27. The molecule has 0 atom stereocenters. The minimum Gasteiger partial charge on any atom is -0.223 e. The van der Waals surface area contributed by atoms with Gasteiger partial charge in [-0.1, -0.05) is 29.3 Å². The highest BCUT2D eigenvalue weighted by atomic mass is 35.5. The third-order valence-corrected chi connectivity index (χ3v) is 3.62. The number of aryl methyl sites for hydroxylation is 3. The summed E-state index contributed by atoms with van der Waals surface area (Å²) >= 11 is 7.53. The second-order valence-electron chi connectivity index (χ2n) is 4.40. The van der Waals surface area contributed by atoms with Crippen molar-refractivity contribution >= 4 is 23.4 Å². The van der Waals surface area contributed by atoms with Gasteiger partial charge >= 0.3 is 0 Å². The Hall–Kier alpha value is -1.06. The third kappa shape index (κ3) is 3.72. The summed E-state index contributed by atoms with van der Waals surface area (Å²) in [6.07, 6.45) is 0. The Kier molecular flexibility index (Phi) is 4.25. The first kappa shape index (κ1) is 13.4. The van der Waals surface area contributed by atoms with Crippen LogP contribution in [0, 0.1) is 20.8 Å². The van der Waals surface area contributed by atoms with Crippen molar-refractivity contribution in [2.24, 2.45) is 0 Å². The minimum absolute atomic E-state index is 0.318. The fourth-order valence-electron chi connectivity index (χ4n) is 1.89. The predicted octanol–water partition coefficient (Wildman–Crippen LogP) is 4.35. The fourth-order valence-corrected chi connectivity index (χ4v) is 3.05. The first-order valence-electron chi connectivity index (χ1n) is 5.74. The van der Waals surface area contributed by atoms with E-state index in [2.05, 4.69) is 42.0 Å². The largest absolute Gasteiger partial charge is 0.223 e. The van der Waals surface area contributed by atoms with E-state index >= 15 is 0 Å². The van der Waals surface area contributed by atoms with Crippen molar-refractivity contribution < 1.29 is 0 Å². The van der Waals surface area contributed by atoms with E-state index in [4.69, 9.17) is 11.6 Å². The average molecular weight is 279 g/mol. The zero-order valence-corrected chi connectivity index (χ0v) is 12.3.